The number of unbranched alkanes of at least 4 members (excludes halogenated alkanes) is 25. The third-order valence-corrected chi connectivity index (χ3v) is 11.1. The number of nitrogens with zero attached hydrogens (tertiary/aromatic N) is 1. The lowest BCUT2D eigenvalue weighted by atomic mass is 10.0. The van der Waals surface area contributed by atoms with Crippen molar-refractivity contribution in [2.24, 2.45) is 5.92 Å². The molecule has 2 N–H and O–H groups in total. The first-order chi connectivity index (χ1) is 25.4. The molecule has 0 aliphatic heterocycles. The summed E-state index contributed by atoms with van der Waals surface area (Å²) in [7, 11) is 1.27. The minimum absolute atomic E-state index is 0.00110. The average molecular weight is 773 g/mol. The fourth-order valence-electron chi connectivity index (χ4n) is 6.57. The highest BCUT2D eigenvalue weighted by Crippen LogP contribution is 2.38. The van der Waals surface area contributed by atoms with Gasteiger partial charge in [-0.3, -0.25) is 9.36 Å². The molecule has 0 saturated heterocycles. The number of hydrogen-bond donors (Lipinski definition) is 2. The van der Waals surface area contributed by atoms with Gasteiger partial charge in [-0.05, 0) is 25.2 Å². The van der Waals surface area contributed by atoms with Gasteiger partial charge in [-0.2, -0.15) is 0 Å². The average Bonchev–Trinajstić information content (AvgIpc) is 3.09. The van der Waals surface area contributed by atoms with E-state index < -0.39 is 20.0 Å². The van der Waals surface area contributed by atoms with Gasteiger partial charge in [-0.1, -0.05) is 193 Å². The van der Waals surface area contributed by atoms with Crippen molar-refractivity contribution >= 4 is 13.7 Å². The summed E-state index contributed by atoms with van der Waals surface area (Å²) < 4.78 is 23.2. The molecule has 1 amide bonds. The summed E-state index contributed by atoms with van der Waals surface area (Å²) in [6, 6.07) is -0.880. The second-order valence-electron chi connectivity index (χ2n) is 17.2. The highest BCUT2D eigenvalue weighted by atomic mass is 31.2. The lowest BCUT2D eigenvalue weighted by molar-refractivity contribution is -0.870. The highest BCUT2D eigenvalue weighted by molar-refractivity contribution is 7.45. The van der Waals surface area contributed by atoms with E-state index in [9.17, 15) is 19.4 Å². The molecule has 0 aromatic heterocycles. The van der Waals surface area contributed by atoms with Gasteiger partial charge in [0.2, 0.25) is 5.91 Å². The van der Waals surface area contributed by atoms with Gasteiger partial charge in [0.25, 0.3) is 7.82 Å². The molecule has 0 spiro atoms. The molecule has 53 heavy (non-hydrogen) atoms. The number of phosphoric ester groups is 1. The number of aliphatic hydroxyl groups is 1. The first-order valence-corrected chi connectivity index (χ1v) is 23.9. The molecule has 0 rings (SSSR count). The fraction of sp³-hybridized carbons (Fsp3) is 0.932. The number of carbonyl (C=O) groups is 1. The van der Waals surface area contributed by atoms with Crippen LogP contribution in [0, 0.1) is 5.92 Å². The van der Waals surface area contributed by atoms with Crippen LogP contribution in [-0.2, 0) is 18.4 Å². The van der Waals surface area contributed by atoms with Crippen molar-refractivity contribution in [2.75, 3.05) is 40.9 Å². The number of carbonyl (C=O) groups excluding carboxylic acids is 1. The maximum Gasteiger partial charge on any atom is 0.268 e. The maximum absolute atomic E-state index is 12.8. The molecule has 0 aliphatic carbocycles. The first kappa shape index (κ1) is 52.2. The molecule has 0 saturated carbocycles. The van der Waals surface area contributed by atoms with Crippen LogP contribution in [0.15, 0.2) is 12.2 Å². The van der Waals surface area contributed by atoms with E-state index in [1.807, 2.05) is 27.2 Å². The van der Waals surface area contributed by atoms with Gasteiger partial charge in [0.15, 0.2) is 0 Å². The van der Waals surface area contributed by atoms with Crippen LogP contribution in [0.2, 0.25) is 0 Å². The highest BCUT2D eigenvalue weighted by Gasteiger charge is 2.23. The normalized spacial score (nSPS) is 14.6. The molecule has 316 valence electrons. The Morgan fingerprint density at radius 2 is 1.13 bits per heavy atom. The molecule has 9 heteroatoms. The van der Waals surface area contributed by atoms with Crippen molar-refractivity contribution in [1.82, 2.24) is 5.32 Å². The number of phosphoric acid groups is 1. The lowest BCUT2D eigenvalue weighted by Gasteiger charge is -2.29. The molecule has 0 heterocycles. The molecule has 8 nitrogen and oxygen atoms in total. The molecule has 0 aromatic rings. The molecule has 3 atom stereocenters. The van der Waals surface area contributed by atoms with E-state index in [2.05, 4.69) is 26.1 Å². The Bertz CT molecular complexity index is 894. The van der Waals surface area contributed by atoms with Gasteiger partial charge >= 0.3 is 0 Å². The van der Waals surface area contributed by atoms with Crippen molar-refractivity contribution in [3.8, 4) is 0 Å². The van der Waals surface area contributed by atoms with Gasteiger partial charge in [0.1, 0.15) is 13.2 Å². The zero-order chi connectivity index (χ0) is 39.5. The summed E-state index contributed by atoms with van der Waals surface area (Å²) in [5.41, 5.74) is 0. The number of nitrogens with one attached hydrogen (secondary N) is 1. The zero-order valence-corrected chi connectivity index (χ0v) is 36.8. The van der Waals surface area contributed by atoms with E-state index in [0.29, 0.717) is 17.4 Å². The Kier molecular flexibility index (Phi) is 35.1. The summed E-state index contributed by atoms with van der Waals surface area (Å²) in [6.07, 6.45) is 38.3. The number of rotatable bonds is 40. The number of likely N-dealkylation sites (N-methyl/N-ethyl adjacent to an activating group) is 1. The molecule has 0 bridgehead atoms. The van der Waals surface area contributed by atoms with Gasteiger partial charge in [0.05, 0.1) is 39.9 Å². The van der Waals surface area contributed by atoms with Crippen LogP contribution in [0.5, 0.6) is 0 Å². The molecule has 0 aromatic carbocycles. The number of amides is 1. The van der Waals surface area contributed by atoms with E-state index in [1.54, 1.807) is 6.08 Å². The van der Waals surface area contributed by atoms with Crippen LogP contribution >= 0.6 is 7.82 Å². The molecular weight excluding hydrogens is 683 g/mol. The van der Waals surface area contributed by atoms with Crippen LogP contribution in [0.1, 0.15) is 207 Å². The van der Waals surface area contributed by atoms with Crippen molar-refractivity contribution in [3.05, 3.63) is 12.2 Å². The topological polar surface area (TPSA) is 108 Å². The van der Waals surface area contributed by atoms with Gasteiger partial charge in [0, 0.05) is 6.42 Å². The number of hydrogen-bond acceptors (Lipinski definition) is 6. The summed E-state index contributed by atoms with van der Waals surface area (Å²) in [6.45, 7) is 6.96. The molecule has 0 radical (unpaired) electrons. The van der Waals surface area contributed by atoms with E-state index in [4.69, 9.17) is 9.05 Å². The van der Waals surface area contributed by atoms with Gasteiger partial charge in [-0.15, -0.1) is 0 Å². The van der Waals surface area contributed by atoms with Crippen molar-refractivity contribution in [1.29, 1.82) is 0 Å². The smallest absolute Gasteiger partial charge is 0.268 e. The predicted molar refractivity (Wildman–Crippen MR) is 224 cm³/mol. The second kappa shape index (κ2) is 35.6. The summed E-state index contributed by atoms with van der Waals surface area (Å²) >= 11 is 0. The van der Waals surface area contributed by atoms with Gasteiger partial charge in [-0.25, -0.2) is 0 Å². The Balaban J connectivity index is 4.33. The van der Waals surface area contributed by atoms with E-state index in [1.165, 1.54) is 141 Å². The van der Waals surface area contributed by atoms with Crippen LogP contribution < -0.4 is 10.2 Å². The summed E-state index contributed by atoms with van der Waals surface area (Å²) in [5, 5.41) is 13.8. The van der Waals surface area contributed by atoms with Gasteiger partial charge < -0.3 is 28.8 Å². The lowest BCUT2D eigenvalue weighted by Crippen LogP contribution is -2.45. The minimum atomic E-state index is -4.58. The largest absolute Gasteiger partial charge is 0.756 e. The van der Waals surface area contributed by atoms with Crippen molar-refractivity contribution in [3.63, 3.8) is 0 Å². The maximum atomic E-state index is 12.8. The van der Waals surface area contributed by atoms with Crippen LogP contribution in [0.25, 0.3) is 0 Å². The van der Waals surface area contributed by atoms with E-state index in [-0.39, 0.29) is 19.1 Å². The van der Waals surface area contributed by atoms with Crippen LogP contribution in [0.4, 0.5) is 0 Å². The van der Waals surface area contributed by atoms with E-state index in [0.717, 1.165) is 44.4 Å². The number of allylic oxidation sites excluding steroid dienone is 1. The quantitative estimate of drug-likeness (QED) is 0.0278. The third kappa shape index (κ3) is 39.3. The predicted octanol–water partition coefficient (Wildman–Crippen LogP) is 11.6. The molecule has 1 unspecified atom stereocenters. The first-order valence-electron chi connectivity index (χ1n) is 22.4. The molecular formula is C44H89N2O6P. The Morgan fingerprint density at radius 1 is 0.698 bits per heavy atom. The Labute approximate surface area is 329 Å². The summed E-state index contributed by atoms with van der Waals surface area (Å²) in [4.78, 5) is 25.3. The second-order valence-corrected chi connectivity index (χ2v) is 18.7. The number of aliphatic hydroxyl groups excluding tert-OH is 1. The fourth-order valence-corrected chi connectivity index (χ4v) is 7.30. The Hall–Kier alpha value is -0.760. The van der Waals surface area contributed by atoms with Crippen LogP contribution in [-0.4, -0.2) is 68.5 Å². The van der Waals surface area contributed by atoms with Crippen LogP contribution in [0.3, 0.4) is 0 Å². The third-order valence-electron chi connectivity index (χ3n) is 10.2. The monoisotopic (exact) mass is 773 g/mol. The Morgan fingerprint density at radius 3 is 1.58 bits per heavy atom. The SMILES string of the molecule is CCCCCCCCCCCCCCCCCCCCCC(=O)N[C@@H](COP(=O)([O-])OCC[N+](C)(C)C)[C@H](O)/C=C/CCCCCCCCCC(C)C. The van der Waals surface area contributed by atoms with E-state index >= 15 is 0 Å². The summed E-state index contributed by atoms with van der Waals surface area (Å²) in [5.74, 6) is 0.592. The molecule has 0 fully saturated rings. The van der Waals surface area contributed by atoms with Crippen molar-refractivity contribution in [2.45, 2.75) is 219 Å². The van der Waals surface area contributed by atoms with Crippen molar-refractivity contribution < 1.29 is 32.9 Å². The number of quaternary nitrogens is 1. The minimum Gasteiger partial charge on any atom is -0.756 e. The zero-order valence-electron chi connectivity index (χ0n) is 35.9. The standard InChI is InChI=1S/C44H89N2O6P/c1-7-8-9-10-11-12-13-14-15-16-17-18-19-20-21-25-28-31-34-37-44(48)45-42(40-52-53(49,50)51-39-38-46(4,5)6)43(47)36-33-30-27-24-22-23-26-29-32-35-41(2)3/h33,36,41-43,47H,7-32,34-35,37-40H2,1-6H3,(H-,45,48,49,50)/b36-33+/t42-,43+/m0/s1. The molecule has 0 aliphatic rings.